The van der Waals surface area contributed by atoms with Crippen LogP contribution < -0.4 is 10.1 Å². The van der Waals surface area contributed by atoms with Crippen molar-refractivity contribution in [3.05, 3.63) is 60.2 Å². The number of nitrogens with one attached hydrogen (secondary N) is 1. The van der Waals surface area contributed by atoms with Crippen LogP contribution in [0.3, 0.4) is 0 Å². The number of carbonyl (C=O) groups is 2. The predicted molar refractivity (Wildman–Crippen MR) is 141 cm³/mol. The van der Waals surface area contributed by atoms with Gasteiger partial charge in [-0.15, -0.1) is 0 Å². The first-order valence-corrected chi connectivity index (χ1v) is 13.8. The molecule has 0 spiro atoms. The van der Waals surface area contributed by atoms with E-state index in [4.69, 9.17) is 4.74 Å². The second-order valence-corrected chi connectivity index (χ2v) is 10.9. The van der Waals surface area contributed by atoms with Gasteiger partial charge in [0.1, 0.15) is 11.8 Å². The van der Waals surface area contributed by atoms with Gasteiger partial charge in [0, 0.05) is 32.6 Å². The topological polar surface area (TPSA) is 96.0 Å². The van der Waals surface area contributed by atoms with E-state index in [1.54, 1.807) is 42.3 Å². The molecule has 0 aromatic heterocycles. The summed E-state index contributed by atoms with van der Waals surface area (Å²) in [5.41, 5.74) is 0.878. The molecule has 1 N–H and O–H groups in total. The summed E-state index contributed by atoms with van der Waals surface area (Å²) in [7, 11) is -0.531. The number of hydrogen-bond acceptors (Lipinski definition) is 5. The Morgan fingerprint density at radius 3 is 2.19 bits per heavy atom. The summed E-state index contributed by atoms with van der Waals surface area (Å²) in [5, 5.41) is 2.99. The molecule has 0 aliphatic heterocycles. The standard InChI is InChI=1S/C27H39N3O5S/c1-6-21(3)28-27(32)25(7-2)30(20-22-15-17-23(35-5)18-16-22)26(31)14-11-19-29(4)36(33,34)24-12-9-8-10-13-24/h8-10,12-13,15-18,21,25H,6-7,11,14,19-20H2,1-5H3,(H,28,32)/t21-,25-/m0/s1. The van der Waals surface area contributed by atoms with Crippen LogP contribution in [0, 0.1) is 0 Å². The lowest BCUT2D eigenvalue weighted by atomic mass is 10.1. The van der Waals surface area contributed by atoms with Gasteiger partial charge in [0.15, 0.2) is 0 Å². The van der Waals surface area contributed by atoms with E-state index in [0.29, 0.717) is 18.6 Å². The first-order valence-electron chi connectivity index (χ1n) is 12.4. The Labute approximate surface area is 215 Å². The molecule has 2 aromatic rings. The van der Waals surface area contributed by atoms with Crippen LogP contribution >= 0.6 is 0 Å². The molecular weight excluding hydrogens is 478 g/mol. The van der Waals surface area contributed by atoms with Crippen LogP contribution in [0.2, 0.25) is 0 Å². The molecule has 198 valence electrons. The summed E-state index contributed by atoms with van der Waals surface area (Å²) in [6.45, 7) is 6.27. The highest BCUT2D eigenvalue weighted by Crippen LogP contribution is 2.19. The molecule has 0 unspecified atom stereocenters. The van der Waals surface area contributed by atoms with E-state index in [0.717, 1.165) is 12.0 Å². The van der Waals surface area contributed by atoms with Crippen LogP contribution in [0.25, 0.3) is 0 Å². The Morgan fingerprint density at radius 2 is 1.64 bits per heavy atom. The van der Waals surface area contributed by atoms with Gasteiger partial charge in [-0.1, -0.05) is 44.2 Å². The average Bonchev–Trinajstić information content (AvgIpc) is 2.89. The van der Waals surface area contributed by atoms with Crippen molar-refractivity contribution in [2.45, 2.75) is 70.0 Å². The van der Waals surface area contributed by atoms with Gasteiger partial charge in [-0.3, -0.25) is 9.59 Å². The summed E-state index contributed by atoms with van der Waals surface area (Å²) < 4.78 is 32.0. The van der Waals surface area contributed by atoms with Crippen molar-refractivity contribution in [2.24, 2.45) is 0 Å². The lowest BCUT2D eigenvalue weighted by Crippen LogP contribution is -2.50. The molecule has 0 bridgehead atoms. The fraction of sp³-hybridized carbons (Fsp3) is 0.481. The van der Waals surface area contributed by atoms with Crippen LogP contribution in [0.5, 0.6) is 5.75 Å². The predicted octanol–water partition coefficient (Wildman–Crippen LogP) is 3.82. The zero-order valence-corrected chi connectivity index (χ0v) is 22.8. The molecule has 36 heavy (non-hydrogen) atoms. The maximum atomic E-state index is 13.4. The molecule has 0 aliphatic carbocycles. The summed E-state index contributed by atoms with van der Waals surface area (Å²) in [5.74, 6) is 0.334. The molecule has 0 aliphatic rings. The Morgan fingerprint density at radius 1 is 1.00 bits per heavy atom. The van der Waals surface area contributed by atoms with E-state index in [-0.39, 0.29) is 42.3 Å². The van der Waals surface area contributed by atoms with Gasteiger partial charge < -0.3 is 15.0 Å². The Bertz CT molecular complexity index is 1070. The Kier molecular flexibility index (Phi) is 11.4. The molecule has 0 heterocycles. The van der Waals surface area contributed by atoms with Gasteiger partial charge >= 0.3 is 0 Å². The number of carbonyl (C=O) groups excluding carboxylic acids is 2. The van der Waals surface area contributed by atoms with Crippen molar-refractivity contribution in [1.29, 1.82) is 0 Å². The van der Waals surface area contributed by atoms with Gasteiger partial charge in [-0.25, -0.2) is 12.7 Å². The van der Waals surface area contributed by atoms with E-state index >= 15 is 0 Å². The number of rotatable bonds is 14. The van der Waals surface area contributed by atoms with Crippen molar-refractivity contribution in [3.63, 3.8) is 0 Å². The minimum Gasteiger partial charge on any atom is -0.497 e. The normalized spacial score (nSPS) is 13.2. The van der Waals surface area contributed by atoms with Crippen LogP contribution in [-0.4, -0.2) is 62.2 Å². The molecule has 2 rings (SSSR count). The SMILES string of the molecule is CC[C@H](C)NC(=O)[C@H](CC)N(Cc1ccc(OC)cc1)C(=O)CCCN(C)S(=O)(=O)c1ccccc1. The number of amides is 2. The zero-order chi connectivity index (χ0) is 26.7. The van der Waals surface area contributed by atoms with E-state index in [1.807, 2.05) is 45.0 Å². The maximum absolute atomic E-state index is 13.4. The second kappa shape index (κ2) is 14.0. The van der Waals surface area contributed by atoms with Crippen LogP contribution in [-0.2, 0) is 26.2 Å². The Balaban J connectivity index is 2.14. The van der Waals surface area contributed by atoms with E-state index in [1.165, 1.54) is 11.4 Å². The fourth-order valence-electron chi connectivity index (χ4n) is 3.78. The van der Waals surface area contributed by atoms with Crippen molar-refractivity contribution < 1.29 is 22.7 Å². The van der Waals surface area contributed by atoms with Crippen molar-refractivity contribution in [3.8, 4) is 5.75 Å². The minimum atomic E-state index is -3.63. The first-order chi connectivity index (χ1) is 17.1. The highest BCUT2D eigenvalue weighted by atomic mass is 32.2. The van der Waals surface area contributed by atoms with Gasteiger partial charge in [0.25, 0.3) is 0 Å². The number of benzene rings is 2. The molecule has 0 fully saturated rings. The maximum Gasteiger partial charge on any atom is 0.243 e. The number of nitrogens with zero attached hydrogens (tertiary/aromatic N) is 2. The smallest absolute Gasteiger partial charge is 0.243 e. The molecule has 0 saturated heterocycles. The van der Waals surface area contributed by atoms with Crippen LogP contribution in [0.15, 0.2) is 59.5 Å². The van der Waals surface area contributed by atoms with Crippen molar-refractivity contribution in [1.82, 2.24) is 14.5 Å². The van der Waals surface area contributed by atoms with Gasteiger partial charge in [-0.05, 0) is 56.0 Å². The average molecular weight is 518 g/mol. The largest absolute Gasteiger partial charge is 0.497 e. The van der Waals surface area contributed by atoms with Crippen LogP contribution in [0.4, 0.5) is 0 Å². The van der Waals surface area contributed by atoms with Crippen LogP contribution in [0.1, 0.15) is 52.0 Å². The third-order valence-electron chi connectivity index (χ3n) is 6.21. The first kappa shape index (κ1) is 29.3. The van der Waals surface area contributed by atoms with Gasteiger partial charge in [-0.2, -0.15) is 0 Å². The summed E-state index contributed by atoms with van der Waals surface area (Å²) in [6.07, 6.45) is 1.71. The Hall–Kier alpha value is -2.91. The lowest BCUT2D eigenvalue weighted by molar-refractivity contribution is -0.141. The highest BCUT2D eigenvalue weighted by molar-refractivity contribution is 7.89. The summed E-state index contributed by atoms with van der Waals surface area (Å²) in [4.78, 5) is 28.2. The third kappa shape index (κ3) is 8.06. The van der Waals surface area contributed by atoms with E-state index < -0.39 is 16.1 Å². The molecular formula is C27H39N3O5S. The molecule has 0 saturated carbocycles. The van der Waals surface area contributed by atoms with Crippen molar-refractivity contribution in [2.75, 3.05) is 20.7 Å². The third-order valence-corrected chi connectivity index (χ3v) is 8.09. The number of methoxy groups -OCH3 is 1. The summed E-state index contributed by atoms with van der Waals surface area (Å²) in [6, 6.07) is 15.0. The highest BCUT2D eigenvalue weighted by Gasteiger charge is 2.29. The van der Waals surface area contributed by atoms with Crippen molar-refractivity contribution >= 4 is 21.8 Å². The molecule has 2 atom stereocenters. The number of ether oxygens (including phenoxy) is 1. The minimum absolute atomic E-state index is 0.00123. The second-order valence-electron chi connectivity index (χ2n) is 8.85. The molecule has 2 aromatic carbocycles. The molecule has 8 nitrogen and oxygen atoms in total. The van der Waals surface area contributed by atoms with E-state index in [9.17, 15) is 18.0 Å². The van der Waals surface area contributed by atoms with Gasteiger partial charge in [0.2, 0.25) is 21.8 Å². The molecule has 2 amide bonds. The lowest BCUT2D eigenvalue weighted by Gasteiger charge is -2.31. The molecule has 0 radical (unpaired) electrons. The summed E-state index contributed by atoms with van der Waals surface area (Å²) >= 11 is 0. The monoisotopic (exact) mass is 517 g/mol. The number of sulfonamides is 1. The molecule has 9 heteroatoms. The van der Waals surface area contributed by atoms with E-state index in [2.05, 4.69) is 5.32 Å². The van der Waals surface area contributed by atoms with Gasteiger partial charge in [0.05, 0.1) is 12.0 Å². The number of hydrogen-bond donors (Lipinski definition) is 1. The quantitative estimate of drug-likeness (QED) is 0.411. The zero-order valence-electron chi connectivity index (χ0n) is 21.9. The fourth-order valence-corrected chi connectivity index (χ4v) is 5.01.